The van der Waals surface area contributed by atoms with Gasteiger partial charge in [-0.3, -0.25) is 4.99 Å². The molecule has 19 heavy (non-hydrogen) atoms. The second-order valence-electron chi connectivity index (χ2n) is 5.94. The Balaban J connectivity index is 0.00000180. The zero-order valence-electron chi connectivity index (χ0n) is 12.5. The van der Waals surface area contributed by atoms with E-state index in [0.717, 1.165) is 18.4 Å². The normalized spacial score (nSPS) is 22.2. The summed E-state index contributed by atoms with van der Waals surface area (Å²) < 4.78 is 0. The van der Waals surface area contributed by atoms with E-state index in [1.807, 2.05) is 7.05 Å². The van der Waals surface area contributed by atoms with Crippen LogP contribution in [-0.4, -0.2) is 49.6 Å². The third kappa shape index (κ3) is 5.85. The van der Waals surface area contributed by atoms with E-state index < -0.39 is 0 Å². The van der Waals surface area contributed by atoms with Crippen molar-refractivity contribution in [3.8, 4) is 0 Å². The van der Waals surface area contributed by atoms with Gasteiger partial charge in [0, 0.05) is 38.8 Å². The third-order valence-corrected chi connectivity index (χ3v) is 4.08. The lowest BCUT2D eigenvalue weighted by Gasteiger charge is -2.35. The number of piperidine rings is 1. The molecule has 1 aliphatic heterocycles. The minimum atomic E-state index is 0. The van der Waals surface area contributed by atoms with Gasteiger partial charge in [0.15, 0.2) is 5.96 Å². The summed E-state index contributed by atoms with van der Waals surface area (Å²) >= 11 is 0. The number of hydrogen-bond donors (Lipinski definition) is 2. The predicted molar refractivity (Wildman–Crippen MR) is 92.4 cm³/mol. The molecule has 0 aromatic rings. The van der Waals surface area contributed by atoms with E-state index in [1.165, 1.54) is 38.8 Å². The van der Waals surface area contributed by atoms with Crippen molar-refractivity contribution in [3.05, 3.63) is 0 Å². The maximum atomic E-state index is 4.32. The quantitative estimate of drug-likeness (QED) is 0.446. The molecule has 0 bridgehead atoms. The van der Waals surface area contributed by atoms with Crippen molar-refractivity contribution in [3.63, 3.8) is 0 Å². The second kappa shape index (κ2) is 8.29. The maximum Gasteiger partial charge on any atom is 0.191 e. The fourth-order valence-corrected chi connectivity index (χ4v) is 2.51. The Morgan fingerprint density at radius 1 is 1.21 bits per heavy atom. The first kappa shape index (κ1) is 17.0. The molecule has 1 saturated heterocycles. The van der Waals surface area contributed by atoms with Crippen LogP contribution in [0.1, 0.15) is 39.5 Å². The summed E-state index contributed by atoms with van der Waals surface area (Å²) in [5, 5.41) is 7.00. The number of halogens is 1. The van der Waals surface area contributed by atoms with Crippen molar-refractivity contribution in [2.45, 2.75) is 51.6 Å². The molecule has 0 spiro atoms. The Labute approximate surface area is 134 Å². The van der Waals surface area contributed by atoms with E-state index in [0.29, 0.717) is 12.1 Å². The molecular weight excluding hydrogens is 351 g/mol. The van der Waals surface area contributed by atoms with Crippen LogP contribution in [0.25, 0.3) is 0 Å². The summed E-state index contributed by atoms with van der Waals surface area (Å²) in [6.45, 7) is 8.06. The van der Waals surface area contributed by atoms with Crippen molar-refractivity contribution >= 4 is 29.9 Å². The van der Waals surface area contributed by atoms with Crippen molar-refractivity contribution in [1.29, 1.82) is 0 Å². The molecule has 0 aromatic heterocycles. The molecule has 2 aliphatic rings. The molecule has 0 atom stereocenters. The van der Waals surface area contributed by atoms with E-state index in [-0.39, 0.29) is 24.0 Å². The highest BCUT2D eigenvalue weighted by atomic mass is 127. The Morgan fingerprint density at radius 3 is 2.32 bits per heavy atom. The molecule has 1 aliphatic carbocycles. The molecular formula is C14H29IN4. The molecule has 4 nitrogen and oxygen atoms in total. The molecule has 5 heteroatoms. The number of likely N-dealkylation sites (tertiary alicyclic amines) is 1. The topological polar surface area (TPSA) is 39.7 Å². The molecule has 0 aromatic carbocycles. The Morgan fingerprint density at radius 2 is 1.84 bits per heavy atom. The number of nitrogens with one attached hydrogen (secondary N) is 2. The Hall–Kier alpha value is -0.0400. The van der Waals surface area contributed by atoms with Crippen LogP contribution in [0.5, 0.6) is 0 Å². The van der Waals surface area contributed by atoms with Gasteiger partial charge in [0.25, 0.3) is 0 Å². The molecule has 2 N–H and O–H groups in total. The zero-order valence-corrected chi connectivity index (χ0v) is 14.8. The number of hydrogen-bond acceptors (Lipinski definition) is 2. The largest absolute Gasteiger partial charge is 0.356 e. The summed E-state index contributed by atoms with van der Waals surface area (Å²) in [7, 11) is 1.87. The van der Waals surface area contributed by atoms with Crippen LogP contribution in [0.15, 0.2) is 4.99 Å². The van der Waals surface area contributed by atoms with Gasteiger partial charge in [0.05, 0.1) is 0 Å². The van der Waals surface area contributed by atoms with Crippen LogP contribution in [0.2, 0.25) is 0 Å². The van der Waals surface area contributed by atoms with Crippen LogP contribution in [0.3, 0.4) is 0 Å². The van der Waals surface area contributed by atoms with E-state index in [1.54, 1.807) is 0 Å². The molecule has 0 amide bonds. The van der Waals surface area contributed by atoms with Gasteiger partial charge in [-0.1, -0.05) is 0 Å². The number of aliphatic imine (C=N–C) groups is 1. The van der Waals surface area contributed by atoms with Gasteiger partial charge in [-0.2, -0.15) is 0 Å². The smallest absolute Gasteiger partial charge is 0.191 e. The third-order valence-electron chi connectivity index (χ3n) is 4.08. The Kier molecular flexibility index (Phi) is 7.42. The monoisotopic (exact) mass is 380 g/mol. The van der Waals surface area contributed by atoms with Crippen molar-refractivity contribution in [2.75, 3.05) is 26.7 Å². The van der Waals surface area contributed by atoms with Gasteiger partial charge in [-0.15, -0.1) is 24.0 Å². The van der Waals surface area contributed by atoms with E-state index in [2.05, 4.69) is 34.4 Å². The van der Waals surface area contributed by atoms with Crippen LogP contribution < -0.4 is 10.6 Å². The van der Waals surface area contributed by atoms with Gasteiger partial charge >= 0.3 is 0 Å². The molecule has 2 fully saturated rings. The second-order valence-corrected chi connectivity index (χ2v) is 5.94. The van der Waals surface area contributed by atoms with Gasteiger partial charge in [-0.25, -0.2) is 0 Å². The zero-order chi connectivity index (χ0) is 13.0. The standard InChI is InChI=1S/C14H28N4.HI/c1-11(2)18-8-6-13(7-9-18)17-14(15-3)16-10-12-4-5-12;/h11-13H,4-10H2,1-3H3,(H2,15,16,17);1H. The molecule has 112 valence electrons. The van der Waals surface area contributed by atoms with Crippen molar-refractivity contribution in [1.82, 2.24) is 15.5 Å². The Bertz CT molecular complexity index is 281. The van der Waals surface area contributed by atoms with E-state index >= 15 is 0 Å². The molecule has 2 rings (SSSR count). The molecule has 1 heterocycles. The summed E-state index contributed by atoms with van der Waals surface area (Å²) in [6, 6.07) is 1.27. The lowest BCUT2D eigenvalue weighted by molar-refractivity contribution is 0.167. The first-order chi connectivity index (χ1) is 8.69. The van der Waals surface area contributed by atoms with E-state index in [4.69, 9.17) is 0 Å². The fraction of sp³-hybridized carbons (Fsp3) is 0.929. The van der Waals surface area contributed by atoms with Crippen LogP contribution in [0.4, 0.5) is 0 Å². The summed E-state index contributed by atoms with van der Waals surface area (Å²) in [4.78, 5) is 6.87. The van der Waals surface area contributed by atoms with Crippen LogP contribution in [0, 0.1) is 5.92 Å². The van der Waals surface area contributed by atoms with Crippen molar-refractivity contribution in [2.24, 2.45) is 10.9 Å². The minimum absolute atomic E-state index is 0. The van der Waals surface area contributed by atoms with Crippen molar-refractivity contribution < 1.29 is 0 Å². The number of guanidine groups is 1. The summed E-state index contributed by atoms with van der Waals surface area (Å²) in [5.41, 5.74) is 0. The number of rotatable bonds is 4. The van der Waals surface area contributed by atoms with Gasteiger partial charge < -0.3 is 15.5 Å². The van der Waals surface area contributed by atoms with Crippen LogP contribution in [-0.2, 0) is 0 Å². The average Bonchev–Trinajstić information content (AvgIpc) is 3.19. The average molecular weight is 380 g/mol. The summed E-state index contributed by atoms with van der Waals surface area (Å²) in [5.74, 6) is 1.89. The summed E-state index contributed by atoms with van der Waals surface area (Å²) in [6.07, 6.45) is 5.22. The highest BCUT2D eigenvalue weighted by Gasteiger charge is 2.23. The lowest BCUT2D eigenvalue weighted by Crippen LogP contribution is -2.50. The SMILES string of the molecule is CN=C(NCC1CC1)NC1CCN(C(C)C)CC1.I. The first-order valence-electron chi connectivity index (χ1n) is 7.40. The lowest BCUT2D eigenvalue weighted by atomic mass is 10.0. The predicted octanol–water partition coefficient (Wildman–Crippen LogP) is 2.05. The van der Waals surface area contributed by atoms with E-state index in [9.17, 15) is 0 Å². The van der Waals surface area contributed by atoms with Gasteiger partial charge in [-0.05, 0) is 45.4 Å². The minimum Gasteiger partial charge on any atom is -0.356 e. The molecule has 0 radical (unpaired) electrons. The number of nitrogens with zero attached hydrogens (tertiary/aromatic N) is 2. The molecule has 0 unspecified atom stereocenters. The molecule has 1 saturated carbocycles. The first-order valence-corrected chi connectivity index (χ1v) is 7.40. The highest BCUT2D eigenvalue weighted by Crippen LogP contribution is 2.27. The van der Waals surface area contributed by atoms with Gasteiger partial charge in [0.1, 0.15) is 0 Å². The highest BCUT2D eigenvalue weighted by molar-refractivity contribution is 14.0. The van der Waals surface area contributed by atoms with Gasteiger partial charge in [0.2, 0.25) is 0 Å². The maximum absolute atomic E-state index is 4.32. The fourth-order valence-electron chi connectivity index (χ4n) is 2.51. The van der Waals surface area contributed by atoms with Crippen LogP contribution >= 0.6 is 24.0 Å².